The van der Waals surface area contributed by atoms with E-state index in [0.29, 0.717) is 0 Å². The van der Waals surface area contributed by atoms with Gasteiger partial charge < -0.3 is 0 Å². The standard InChI is InChI=1S/C22H40/c1-19(2,3)17(20(4,5)6)15-13-14-16-18(21(7,8)9)22(10,11)12/h13-16H,1-12H3/b14-13-. The third-order valence-corrected chi connectivity index (χ3v) is 3.87. The molecule has 0 aromatic carbocycles. The first-order valence-electron chi connectivity index (χ1n) is 8.58. The van der Waals surface area contributed by atoms with Crippen molar-refractivity contribution in [1.29, 1.82) is 0 Å². The van der Waals surface area contributed by atoms with E-state index >= 15 is 0 Å². The molecule has 0 heteroatoms. The van der Waals surface area contributed by atoms with Gasteiger partial charge in [-0.05, 0) is 21.7 Å². The summed E-state index contributed by atoms with van der Waals surface area (Å²) >= 11 is 0. The summed E-state index contributed by atoms with van der Waals surface area (Å²) in [6, 6.07) is 0. The lowest BCUT2D eigenvalue weighted by Gasteiger charge is -2.34. The molecule has 0 aliphatic carbocycles. The van der Waals surface area contributed by atoms with Crippen LogP contribution in [0.5, 0.6) is 0 Å². The lowest BCUT2D eigenvalue weighted by Crippen LogP contribution is -2.22. The van der Waals surface area contributed by atoms with Crippen molar-refractivity contribution in [2.75, 3.05) is 0 Å². The highest BCUT2D eigenvalue weighted by molar-refractivity contribution is 5.28. The molecule has 0 amide bonds. The van der Waals surface area contributed by atoms with E-state index in [2.05, 4.69) is 107 Å². The second-order valence-corrected chi connectivity index (χ2v) is 10.5. The molecule has 0 rings (SSSR count). The van der Waals surface area contributed by atoms with Gasteiger partial charge in [0.05, 0.1) is 0 Å². The van der Waals surface area contributed by atoms with Crippen LogP contribution in [0.25, 0.3) is 0 Å². The maximum atomic E-state index is 2.31. The van der Waals surface area contributed by atoms with Crippen molar-refractivity contribution in [2.45, 2.75) is 83.1 Å². The highest BCUT2D eigenvalue weighted by atomic mass is 14.3. The first-order valence-corrected chi connectivity index (χ1v) is 8.58. The lowest BCUT2D eigenvalue weighted by molar-refractivity contribution is 0.361. The van der Waals surface area contributed by atoms with Crippen molar-refractivity contribution in [3.05, 3.63) is 35.5 Å². The van der Waals surface area contributed by atoms with Gasteiger partial charge in [-0.1, -0.05) is 119 Å². The van der Waals surface area contributed by atoms with Crippen LogP contribution in [0.4, 0.5) is 0 Å². The van der Waals surface area contributed by atoms with Gasteiger partial charge in [0.2, 0.25) is 0 Å². The number of hydrogen-bond acceptors (Lipinski definition) is 0. The van der Waals surface area contributed by atoms with Gasteiger partial charge in [0.1, 0.15) is 0 Å². The summed E-state index contributed by atoms with van der Waals surface area (Å²) in [5.74, 6) is 0. The van der Waals surface area contributed by atoms with Gasteiger partial charge in [-0.25, -0.2) is 0 Å². The summed E-state index contributed by atoms with van der Waals surface area (Å²) in [4.78, 5) is 0. The van der Waals surface area contributed by atoms with Crippen LogP contribution in [0.3, 0.4) is 0 Å². The van der Waals surface area contributed by atoms with Crippen LogP contribution in [0.1, 0.15) is 83.1 Å². The van der Waals surface area contributed by atoms with E-state index in [1.165, 1.54) is 11.1 Å². The third-order valence-electron chi connectivity index (χ3n) is 3.87. The van der Waals surface area contributed by atoms with E-state index in [-0.39, 0.29) is 21.7 Å². The fourth-order valence-corrected chi connectivity index (χ4v) is 3.55. The first kappa shape index (κ1) is 21.2. The van der Waals surface area contributed by atoms with Crippen molar-refractivity contribution in [3.8, 4) is 0 Å². The Kier molecular flexibility index (Phi) is 6.53. The summed E-state index contributed by atoms with van der Waals surface area (Å²) in [5, 5.41) is 0. The van der Waals surface area contributed by atoms with E-state index in [1.807, 2.05) is 0 Å². The van der Waals surface area contributed by atoms with Crippen molar-refractivity contribution in [3.63, 3.8) is 0 Å². The van der Waals surface area contributed by atoms with Crippen LogP contribution < -0.4 is 0 Å². The molecule has 22 heavy (non-hydrogen) atoms. The van der Waals surface area contributed by atoms with Gasteiger partial charge in [0.15, 0.2) is 0 Å². The van der Waals surface area contributed by atoms with Crippen LogP contribution >= 0.6 is 0 Å². The fourth-order valence-electron chi connectivity index (χ4n) is 3.55. The molecule has 0 aromatic rings. The second-order valence-electron chi connectivity index (χ2n) is 10.5. The molecule has 0 aliphatic heterocycles. The average molecular weight is 305 g/mol. The topological polar surface area (TPSA) is 0 Å². The third kappa shape index (κ3) is 6.99. The van der Waals surface area contributed by atoms with Crippen molar-refractivity contribution in [1.82, 2.24) is 0 Å². The summed E-state index contributed by atoms with van der Waals surface area (Å²) in [7, 11) is 0. The molecular weight excluding hydrogens is 264 g/mol. The molecule has 0 aromatic heterocycles. The van der Waals surface area contributed by atoms with Crippen LogP contribution in [0.2, 0.25) is 0 Å². The molecular formula is C22H40. The summed E-state index contributed by atoms with van der Waals surface area (Å²) < 4.78 is 0. The maximum absolute atomic E-state index is 2.31. The fraction of sp³-hybridized carbons (Fsp3) is 0.727. The smallest absolute Gasteiger partial charge is 0.0165 e. The Hall–Kier alpha value is -0.780. The zero-order chi connectivity index (χ0) is 18.0. The highest BCUT2D eigenvalue weighted by Gasteiger charge is 2.28. The zero-order valence-corrected chi connectivity index (χ0v) is 17.3. The van der Waals surface area contributed by atoms with Gasteiger partial charge >= 0.3 is 0 Å². The SMILES string of the molecule is CC(C)(C)C(=C/C=C\C=C(C(C)(C)C)C(C)(C)C)C(C)(C)C. The van der Waals surface area contributed by atoms with Gasteiger partial charge in [0, 0.05) is 0 Å². The Morgan fingerprint density at radius 1 is 0.409 bits per heavy atom. The van der Waals surface area contributed by atoms with Crippen molar-refractivity contribution in [2.24, 2.45) is 21.7 Å². The summed E-state index contributed by atoms with van der Waals surface area (Å²) in [6.07, 6.45) is 9.03. The Bertz CT molecular complexity index is 364. The Labute approximate surface area is 140 Å². The van der Waals surface area contributed by atoms with Crippen molar-refractivity contribution >= 4 is 0 Å². The minimum atomic E-state index is 0.198. The molecule has 0 heterocycles. The molecule has 0 unspecified atom stereocenters. The predicted molar refractivity (Wildman–Crippen MR) is 103 cm³/mol. The molecule has 128 valence electrons. The minimum absolute atomic E-state index is 0.198. The monoisotopic (exact) mass is 304 g/mol. The first-order chi connectivity index (χ1) is 9.47. The molecule has 0 saturated heterocycles. The van der Waals surface area contributed by atoms with E-state index in [9.17, 15) is 0 Å². The van der Waals surface area contributed by atoms with E-state index in [1.54, 1.807) is 0 Å². The second kappa shape index (κ2) is 6.77. The minimum Gasteiger partial charge on any atom is -0.0623 e. The number of rotatable bonds is 2. The van der Waals surface area contributed by atoms with Crippen molar-refractivity contribution < 1.29 is 0 Å². The molecule has 0 spiro atoms. The quantitative estimate of drug-likeness (QED) is 0.461. The van der Waals surface area contributed by atoms with Gasteiger partial charge in [-0.2, -0.15) is 0 Å². The summed E-state index contributed by atoms with van der Waals surface area (Å²) in [5.41, 5.74) is 3.76. The van der Waals surface area contributed by atoms with Crippen LogP contribution in [0, 0.1) is 21.7 Å². The Morgan fingerprint density at radius 2 is 0.591 bits per heavy atom. The van der Waals surface area contributed by atoms with Gasteiger partial charge in [-0.3, -0.25) is 0 Å². The highest BCUT2D eigenvalue weighted by Crippen LogP contribution is 2.40. The molecule has 0 nitrogen and oxygen atoms in total. The van der Waals surface area contributed by atoms with Crippen LogP contribution in [0.15, 0.2) is 35.5 Å². The molecule has 0 N–H and O–H groups in total. The number of hydrogen-bond donors (Lipinski definition) is 0. The molecule has 0 bridgehead atoms. The average Bonchev–Trinajstić information content (AvgIpc) is 2.14. The van der Waals surface area contributed by atoms with Gasteiger partial charge in [0.25, 0.3) is 0 Å². The normalized spacial score (nSPS) is 14.2. The Morgan fingerprint density at radius 3 is 0.727 bits per heavy atom. The van der Waals surface area contributed by atoms with E-state index in [0.717, 1.165) is 0 Å². The van der Waals surface area contributed by atoms with Gasteiger partial charge in [-0.15, -0.1) is 0 Å². The van der Waals surface area contributed by atoms with E-state index in [4.69, 9.17) is 0 Å². The molecule has 0 saturated carbocycles. The largest absolute Gasteiger partial charge is 0.0623 e. The van der Waals surface area contributed by atoms with Crippen LogP contribution in [-0.4, -0.2) is 0 Å². The molecule has 0 aliphatic rings. The molecule has 0 radical (unpaired) electrons. The van der Waals surface area contributed by atoms with Crippen LogP contribution in [-0.2, 0) is 0 Å². The lowest BCUT2D eigenvalue weighted by atomic mass is 9.71. The Balaban J connectivity index is 5.59. The molecule has 0 fully saturated rings. The summed E-state index contributed by atoms with van der Waals surface area (Å²) in [6.45, 7) is 27.5. The van der Waals surface area contributed by atoms with E-state index < -0.39 is 0 Å². The number of allylic oxidation sites excluding steroid dienone is 6. The maximum Gasteiger partial charge on any atom is -0.0165 e. The molecule has 0 atom stereocenters. The predicted octanol–water partition coefficient (Wildman–Crippen LogP) is 7.58. The zero-order valence-electron chi connectivity index (χ0n) is 17.3.